The van der Waals surface area contributed by atoms with E-state index in [1.165, 1.54) is 11.8 Å². The molecule has 3 aromatic rings. The Kier molecular flexibility index (Phi) is 5.73. The standard InChI is InChI=1S/C16H20N5O2PS/c1-10(23-9-24)7-21-8-18-13-14(21)19-16(17)20-15(13)25-12-6-4-3-5-11(12)22-2/h3-6,8,10H,7,9,24H2,1-2H3,(H2,17,19,20). The van der Waals surface area contributed by atoms with Crippen LogP contribution in [0.2, 0.25) is 0 Å². The molecule has 0 fully saturated rings. The van der Waals surface area contributed by atoms with Crippen LogP contribution in [0.25, 0.3) is 11.2 Å². The number of anilines is 1. The Hall–Kier alpha value is -1.89. The second-order valence-corrected chi connectivity index (χ2v) is 6.72. The van der Waals surface area contributed by atoms with Crippen LogP contribution in [0, 0.1) is 0 Å². The van der Waals surface area contributed by atoms with Crippen molar-refractivity contribution in [1.82, 2.24) is 19.5 Å². The monoisotopic (exact) mass is 377 g/mol. The lowest BCUT2D eigenvalue weighted by molar-refractivity contribution is 0.0912. The highest BCUT2D eigenvalue weighted by Crippen LogP contribution is 2.36. The van der Waals surface area contributed by atoms with E-state index in [0.29, 0.717) is 29.1 Å². The average Bonchev–Trinajstić information content (AvgIpc) is 2.98. The lowest BCUT2D eigenvalue weighted by Gasteiger charge is -2.12. The minimum atomic E-state index is 0.0383. The number of benzene rings is 1. The van der Waals surface area contributed by atoms with Gasteiger partial charge in [-0.2, -0.15) is 4.98 Å². The van der Waals surface area contributed by atoms with Crippen LogP contribution in [-0.2, 0) is 11.3 Å². The molecule has 0 amide bonds. The number of ether oxygens (including phenoxy) is 2. The first kappa shape index (κ1) is 17.9. The molecule has 0 radical (unpaired) electrons. The van der Waals surface area contributed by atoms with E-state index in [1.807, 2.05) is 35.8 Å². The van der Waals surface area contributed by atoms with Gasteiger partial charge in [-0.15, -0.1) is 9.24 Å². The molecule has 2 unspecified atom stereocenters. The minimum absolute atomic E-state index is 0.0383. The second-order valence-electron chi connectivity index (χ2n) is 5.35. The summed E-state index contributed by atoms with van der Waals surface area (Å²) in [6.45, 7) is 2.64. The molecule has 0 spiro atoms. The number of fused-ring (bicyclic) bond motifs is 1. The van der Waals surface area contributed by atoms with Gasteiger partial charge in [0.2, 0.25) is 5.95 Å². The molecule has 3 rings (SSSR count). The molecular formula is C16H20N5O2PS. The largest absolute Gasteiger partial charge is 0.496 e. The van der Waals surface area contributed by atoms with Gasteiger partial charge >= 0.3 is 0 Å². The number of para-hydroxylation sites is 1. The Labute approximate surface area is 152 Å². The molecule has 2 heterocycles. The Morgan fingerprint density at radius 2 is 2.12 bits per heavy atom. The first-order valence-corrected chi connectivity index (χ1v) is 9.36. The molecule has 1 aromatic carbocycles. The van der Waals surface area contributed by atoms with Crippen molar-refractivity contribution < 1.29 is 9.47 Å². The second kappa shape index (κ2) is 7.99. The third kappa shape index (κ3) is 4.03. The highest BCUT2D eigenvalue weighted by molar-refractivity contribution is 7.99. The molecule has 7 nitrogen and oxygen atoms in total. The van der Waals surface area contributed by atoms with E-state index in [4.69, 9.17) is 15.2 Å². The number of rotatable bonds is 7. The smallest absolute Gasteiger partial charge is 0.223 e. The van der Waals surface area contributed by atoms with Gasteiger partial charge in [0.15, 0.2) is 5.65 Å². The third-order valence-corrected chi connectivity index (χ3v) is 4.79. The number of nitrogen functional groups attached to an aromatic ring is 1. The third-order valence-electron chi connectivity index (χ3n) is 3.56. The van der Waals surface area contributed by atoms with Crippen LogP contribution in [-0.4, -0.2) is 39.1 Å². The molecule has 25 heavy (non-hydrogen) atoms. The first-order chi connectivity index (χ1) is 12.1. The summed E-state index contributed by atoms with van der Waals surface area (Å²) in [5.74, 6) is 0.992. The average molecular weight is 377 g/mol. The lowest BCUT2D eigenvalue weighted by atomic mass is 10.3. The summed E-state index contributed by atoms with van der Waals surface area (Å²) in [5, 5.41) is 0.699. The summed E-state index contributed by atoms with van der Waals surface area (Å²) < 4.78 is 12.9. The predicted molar refractivity (Wildman–Crippen MR) is 102 cm³/mol. The quantitative estimate of drug-likeness (QED) is 0.500. The van der Waals surface area contributed by atoms with E-state index in [9.17, 15) is 0 Å². The van der Waals surface area contributed by atoms with Crippen molar-refractivity contribution >= 4 is 38.1 Å². The summed E-state index contributed by atoms with van der Waals surface area (Å²) in [6.07, 6.45) is 2.37. The summed E-state index contributed by atoms with van der Waals surface area (Å²) in [7, 11) is 4.20. The molecule has 2 N–H and O–H groups in total. The van der Waals surface area contributed by atoms with Crippen molar-refractivity contribution in [2.24, 2.45) is 0 Å². The maximum atomic E-state index is 5.92. The Morgan fingerprint density at radius 1 is 1.32 bits per heavy atom. The van der Waals surface area contributed by atoms with Gasteiger partial charge in [-0.1, -0.05) is 23.9 Å². The number of methoxy groups -OCH3 is 1. The summed E-state index contributed by atoms with van der Waals surface area (Å²) in [5.41, 5.74) is 7.33. The van der Waals surface area contributed by atoms with Crippen molar-refractivity contribution in [2.75, 3.05) is 19.2 Å². The van der Waals surface area contributed by atoms with Crippen LogP contribution in [0.1, 0.15) is 6.92 Å². The zero-order chi connectivity index (χ0) is 17.8. The van der Waals surface area contributed by atoms with Gasteiger partial charge in [0.05, 0.1) is 37.3 Å². The summed E-state index contributed by atoms with van der Waals surface area (Å²) >= 11 is 1.46. The van der Waals surface area contributed by atoms with Crippen LogP contribution < -0.4 is 10.5 Å². The molecule has 2 aromatic heterocycles. The maximum absolute atomic E-state index is 5.92. The van der Waals surface area contributed by atoms with Crippen LogP contribution in [0.15, 0.2) is 40.5 Å². The van der Waals surface area contributed by atoms with Crippen LogP contribution in [0.3, 0.4) is 0 Å². The SMILES string of the molecule is COc1ccccc1Sc1nc(N)nc2c1ncn2CC(C)OCP. The zero-order valence-electron chi connectivity index (χ0n) is 14.0. The molecule has 0 saturated carbocycles. The lowest BCUT2D eigenvalue weighted by Crippen LogP contribution is -2.15. The van der Waals surface area contributed by atoms with Crippen molar-refractivity contribution in [3.05, 3.63) is 30.6 Å². The fourth-order valence-corrected chi connectivity index (χ4v) is 3.76. The summed E-state index contributed by atoms with van der Waals surface area (Å²) in [6, 6.07) is 7.76. The van der Waals surface area contributed by atoms with Crippen LogP contribution in [0.4, 0.5) is 5.95 Å². The van der Waals surface area contributed by atoms with Gasteiger partial charge in [-0.05, 0) is 19.1 Å². The van der Waals surface area contributed by atoms with Gasteiger partial charge < -0.3 is 19.8 Å². The number of aromatic nitrogens is 4. The molecular weight excluding hydrogens is 357 g/mol. The molecule has 9 heteroatoms. The van der Waals surface area contributed by atoms with Gasteiger partial charge in [0.25, 0.3) is 0 Å². The molecule has 0 aliphatic carbocycles. The Morgan fingerprint density at radius 3 is 2.88 bits per heavy atom. The fourth-order valence-electron chi connectivity index (χ4n) is 2.44. The Balaban J connectivity index is 1.97. The molecule has 0 aliphatic heterocycles. The molecule has 2 atom stereocenters. The maximum Gasteiger partial charge on any atom is 0.223 e. The van der Waals surface area contributed by atoms with Gasteiger partial charge in [0, 0.05) is 0 Å². The Bertz CT molecular complexity index is 873. The van der Waals surface area contributed by atoms with Crippen molar-refractivity contribution in [2.45, 2.75) is 29.5 Å². The fraction of sp³-hybridized carbons (Fsp3) is 0.312. The number of nitrogens with zero attached hydrogens (tertiary/aromatic N) is 4. The molecule has 0 bridgehead atoms. The van der Waals surface area contributed by atoms with Gasteiger partial charge in [-0.3, -0.25) is 0 Å². The molecule has 0 aliphatic rings. The topological polar surface area (TPSA) is 88.1 Å². The minimum Gasteiger partial charge on any atom is -0.496 e. The molecule has 0 saturated heterocycles. The van der Waals surface area contributed by atoms with Crippen molar-refractivity contribution in [3.8, 4) is 5.75 Å². The van der Waals surface area contributed by atoms with E-state index >= 15 is 0 Å². The highest BCUT2D eigenvalue weighted by Gasteiger charge is 2.16. The normalized spacial score (nSPS) is 12.4. The highest BCUT2D eigenvalue weighted by atomic mass is 32.2. The van der Waals surface area contributed by atoms with E-state index in [0.717, 1.165) is 10.6 Å². The van der Waals surface area contributed by atoms with E-state index in [-0.39, 0.29) is 12.1 Å². The van der Waals surface area contributed by atoms with Crippen LogP contribution >= 0.6 is 21.0 Å². The predicted octanol–water partition coefficient (Wildman–Crippen LogP) is 2.81. The van der Waals surface area contributed by atoms with Crippen molar-refractivity contribution in [1.29, 1.82) is 0 Å². The van der Waals surface area contributed by atoms with Crippen molar-refractivity contribution in [3.63, 3.8) is 0 Å². The van der Waals surface area contributed by atoms with Crippen LogP contribution in [0.5, 0.6) is 5.75 Å². The van der Waals surface area contributed by atoms with E-state index in [1.54, 1.807) is 13.4 Å². The number of hydrogen-bond donors (Lipinski definition) is 1. The van der Waals surface area contributed by atoms with Gasteiger partial charge in [0.1, 0.15) is 16.3 Å². The first-order valence-electron chi connectivity index (χ1n) is 7.73. The zero-order valence-corrected chi connectivity index (χ0v) is 16.0. The number of imidazole rings is 1. The van der Waals surface area contributed by atoms with Gasteiger partial charge in [-0.25, -0.2) is 9.97 Å². The molecule has 132 valence electrons. The van der Waals surface area contributed by atoms with E-state index < -0.39 is 0 Å². The number of nitrogens with two attached hydrogens (primary N) is 1. The number of hydrogen-bond acceptors (Lipinski definition) is 7. The summed E-state index contributed by atoms with van der Waals surface area (Å²) in [4.78, 5) is 14.1. The van der Waals surface area contributed by atoms with E-state index in [2.05, 4.69) is 24.2 Å².